The maximum atomic E-state index is 10.2. The van der Waals surface area contributed by atoms with E-state index in [2.05, 4.69) is 4.98 Å². The first kappa shape index (κ1) is 8.23. The van der Waals surface area contributed by atoms with Crippen LogP contribution in [0.5, 0.6) is 0 Å². The van der Waals surface area contributed by atoms with Crippen LogP contribution in [0.2, 0.25) is 10.2 Å². The molecule has 0 amide bonds. The first-order valence-electron chi connectivity index (χ1n) is 2.58. The summed E-state index contributed by atoms with van der Waals surface area (Å²) in [6.07, 6.45) is 1.11. The normalized spacial score (nSPS) is 9.64. The number of hydrogen-bond donors (Lipinski definition) is 1. The van der Waals surface area contributed by atoms with Gasteiger partial charge in [0.15, 0.2) is 0 Å². The smallest absolute Gasteiger partial charge is 0.241 e. The van der Waals surface area contributed by atoms with Crippen molar-refractivity contribution in [3.8, 4) is 0 Å². The van der Waals surface area contributed by atoms with Gasteiger partial charge in [-0.15, -0.1) is 0 Å². The molecule has 0 bridgehead atoms. The lowest BCUT2D eigenvalue weighted by Crippen LogP contribution is -1.92. The van der Waals surface area contributed by atoms with Crippen LogP contribution in [0.1, 0.15) is 0 Å². The Labute approximate surface area is 71.9 Å². The van der Waals surface area contributed by atoms with Crippen molar-refractivity contribution in [2.24, 2.45) is 0 Å². The van der Waals surface area contributed by atoms with Crippen LogP contribution >= 0.6 is 23.2 Å². The summed E-state index contributed by atoms with van der Waals surface area (Å²) >= 11 is 10.9. The van der Waals surface area contributed by atoms with Crippen molar-refractivity contribution in [1.82, 2.24) is 4.98 Å². The highest BCUT2D eigenvalue weighted by Gasteiger charge is 2.13. The highest BCUT2D eigenvalue weighted by Crippen LogP contribution is 2.22. The number of aromatic nitrogens is 1. The molecule has 0 aliphatic heterocycles. The van der Waals surface area contributed by atoms with Crippen LogP contribution in [0.3, 0.4) is 0 Å². The molecule has 0 atom stereocenters. The van der Waals surface area contributed by atoms with Gasteiger partial charge in [-0.25, -0.2) is 10.2 Å². The zero-order valence-electron chi connectivity index (χ0n) is 5.16. The molecule has 0 saturated carbocycles. The van der Waals surface area contributed by atoms with E-state index >= 15 is 0 Å². The second kappa shape index (κ2) is 3.02. The minimum atomic E-state index is -0.338. The third-order valence-electron chi connectivity index (χ3n) is 1.00. The van der Waals surface area contributed by atoms with Crippen molar-refractivity contribution >= 4 is 28.9 Å². The van der Waals surface area contributed by atoms with Crippen LogP contribution in [0.15, 0.2) is 12.3 Å². The maximum Gasteiger partial charge on any atom is 0.336 e. The number of rotatable bonds is 1. The fourth-order valence-corrected chi connectivity index (χ4v) is 0.780. The molecule has 0 unspecified atom stereocenters. The van der Waals surface area contributed by atoms with Crippen molar-refractivity contribution in [2.45, 2.75) is 0 Å². The summed E-state index contributed by atoms with van der Waals surface area (Å²) in [5, 5.41) is 8.59. The van der Waals surface area contributed by atoms with Gasteiger partial charge in [-0.3, -0.25) is 0 Å². The molecule has 1 aromatic heterocycles. The lowest BCUT2D eigenvalue weighted by molar-refractivity contribution is -0.729. The van der Waals surface area contributed by atoms with Gasteiger partial charge in [-0.05, 0) is 0 Å². The standard InChI is InChI=1S/C5H3Cl2N2O2/c6-4-1-3(9(10)11)2-8-5(4)7/h1-2H,(H,10,11)/q+1. The predicted octanol–water partition coefficient (Wildman–Crippen LogP) is 2.19. The zero-order chi connectivity index (χ0) is 8.43. The third-order valence-corrected chi connectivity index (χ3v) is 1.69. The molecule has 4 nitrogen and oxygen atoms in total. The summed E-state index contributed by atoms with van der Waals surface area (Å²) in [6, 6.07) is 1.21. The molecular weight excluding hydrogens is 191 g/mol. The van der Waals surface area contributed by atoms with Gasteiger partial charge < -0.3 is 0 Å². The van der Waals surface area contributed by atoms with Crippen molar-refractivity contribution < 1.29 is 10.1 Å². The minimum Gasteiger partial charge on any atom is -0.241 e. The Kier molecular flexibility index (Phi) is 2.26. The Balaban J connectivity index is 3.15. The Bertz CT molecular complexity index is 303. The first-order valence-corrected chi connectivity index (χ1v) is 3.34. The van der Waals surface area contributed by atoms with Crippen LogP contribution < -0.4 is 0 Å². The average Bonchev–Trinajstić information content (AvgIpc) is 1.94. The van der Waals surface area contributed by atoms with E-state index in [0.717, 1.165) is 6.20 Å². The van der Waals surface area contributed by atoms with Crippen LogP contribution in [0.25, 0.3) is 0 Å². The number of hydrogen-bond acceptors (Lipinski definition) is 2. The number of pyridine rings is 1. The van der Waals surface area contributed by atoms with E-state index < -0.39 is 0 Å². The van der Waals surface area contributed by atoms with Crippen molar-refractivity contribution in [3.63, 3.8) is 0 Å². The highest BCUT2D eigenvalue weighted by atomic mass is 35.5. The summed E-state index contributed by atoms with van der Waals surface area (Å²) in [6.45, 7) is 0. The zero-order valence-corrected chi connectivity index (χ0v) is 6.67. The fourth-order valence-electron chi connectivity index (χ4n) is 0.516. The fraction of sp³-hybridized carbons (Fsp3) is 0. The van der Waals surface area contributed by atoms with Gasteiger partial charge in [0.1, 0.15) is 11.3 Å². The topological polar surface area (TPSA) is 53.2 Å². The van der Waals surface area contributed by atoms with Crippen LogP contribution in [-0.4, -0.2) is 15.1 Å². The molecule has 1 rings (SSSR count). The van der Waals surface area contributed by atoms with Crippen LogP contribution in [0, 0.1) is 4.91 Å². The van der Waals surface area contributed by atoms with E-state index in [1.807, 2.05) is 0 Å². The molecule has 1 heterocycles. The summed E-state index contributed by atoms with van der Waals surface area (Å²) < 4.78 is 0. The Morgan fingerprint density at radius 2 is 2.18 bits per heavy atom. The van der Waals surface area contributed by atoms with Crippen molar-refractivity contribution in [1.29, 1.82) is 0 Å². The van der Waals surface area contributed by atoms with Gasteiger partial charge in [0, 0.05) is 6.07 Å². The Morgan fingerprint density at radius 3 is 2.64 bits per heavy atom. The number of nitrogens with zero attached hydrogens (tertiary/aromatic N) is 2. The third kappa shape index (κ3) is 1.78. The Morgan fingerprint density at radius 1 is 1.55 bits per heavy atom. The monoisotopic (exact) mass is 193 g/mol. The molecule has 0 aromatic carbocycles. The molecule has 11 heavy (non-hydrogen) atoms. The molecule has 0 aliphatic rings. The molecule has 0 radical (unpaired) electrons. The molecule has 6 heteroatoms. The van der Waals surface area contributed by atoms with Gasteiger partial charge >= 0.3 is 5.69 Å². The SMILES string of the molecule is O=[N+](O)c1cnc(Cl)c(Cl)c1. The quantitative estimate of drug-likeness (QED) is 0.550. The largest absolute Gasteiger partial charge is 0.336 e. The second-order valence-electron chi connectivity index (χ2n) is 1.74. The maximum absolute atomic E-state index is 10.2. The van der Waals surface area contributed by atoms with E-state index in [1.54, 1.807) is 0 Å². The lowest BCUT2D eigenvalue weighted by atomic mass is 10.4. The van der Waals surface area contributed by atoms with Crippen LogP contribution in [-0.2, 0) is 0 Å². The predicted molar refractivity (Wildman–Crippen MR) is 39.3 cm³/mol. The van der Waals surface area contributed by atoms with Gasteiger partial charge in [-0.1, -0.05) is 23.2 Å². The molecule has 1 aromatic rings. The van der Waals surface area contributed by atoms with Gasteiger partial charge in [-0.2, -0.15) is 0 Å². The molecule has 0 aliphatic carbocycles. The summed E-state index contributed by atoms with van der Waals surface area (Å²) in [4.78, 5) is 13.4. The lowest BCUT2D eigenvalue weighted by Gasteiger charge is -1.89. The highest BCUT2D eigenvalue weighted by molar-refractivity contribution is 6.41. The second-order valence-corrected chi connectivity index (χ2v) is 2.50. The van der Waals surface area contributed by atoms with E-state index in [9.17, 15) is 4.91 Å². The van der Waals surface area contributed by atoms with E-state index in [-0.39, 0.29) is 20.8 Å². The van der Waals surface area contributed by atoms with Gasteiger partial charge in [0.2, 0.25) is 0 Å². The molecule has 0 fully saturated rings. The number of halogens is 2. The minimum absolute atomic E-state index is 0.0561. The van der Waals surface area contributed by atoms with Gasteiger partial charge in [0.25, 0.3) is 4.92 Å². The summed E-state index contributed by atoms with van der Waals surface area (Å²) in [5.41, 5.74) is -0.0561. The molecule has 58 valence electrons. The molecular formula is C5H3Cl2N2O2+. The average molecular weight is 194 g/mol. The van der Waals surface area contributed by atoms with E-state index in [1.165, 1.54) is 6.07 Å². The molecule has 0 saturated heterocycles. The van der Waals surface area contributed by atoms with E-state index in [0.29, 0.717) is 0 Å². The molecule has 0 spiro atoms. The van der Waals surface area contributed by atoms with Crippen molar-refractivity contribution in [2.75, 3.05) is 0 Å². The first-order chi connectivity index (χ1) is 5.11. The Hall–Kier alpha value is -0.870. The van der Waals surface area contributed by atoms with Crippen LogP contribution in [0.4, 0.5) is 5.69 Å². The van der Waals surface area contributed by atoms with Crippen molar-refractivity contribution in [3.05, 3.63) is 27.3 Å². The summed E-state index contributed by atoms with van der Waals surface area (Å²) in [7, 11) is 0. The van der Waals surface area contributed by atoms with Gasteiger partial charge in [0.05, 0.1) is 9.93 Å². The molecule has 1 N–H and O–H groups in total. The van der Waals surface area contributed by atoms with E-state index in [4.69, 9.17) is 28.4 Å². The summed E-state index contributed by atoms with van der Waals surface area (Å²) in [5.74, 6) is 0.